The zero-order valence-corrected chi connectivity index (χ0v) is 7.84. The predicted molar refractivity (Wildman–Crippen MR) is 43.0 cm³/mol. The fourth-order valence-electron chi connectivity index (χ4n) is 0.730. The molecule has 0 heterocycles. The van der Waals surface area contributed by atoms with Crippen LogP contribution in [0.4, 0.5) is 0 Å². The summed E-state index contributed by atoms with van der Waals surface area (Å²) < 4.78 is 12.0. The van der Waals surface area contributed by atoms with E-state index >= 15 is 0 Å². The van der Waals surface area contributed by atoms with Gasteiger partial charge in [0.2, 0.25) is 0 Å². The molecule has 0 amide bonds. The molecule has 1 rings (SSSR count). The van der Waals surface area contributed by atoms with Crippen molar-refractivity contribution in [1.82, 2.24) is 0 Å². The van der Waals surface area contributed by atoms with Crippen LogP contribution in [0.5, 0.6) is 0 Å². The Balaban J connectivity index is 3.00. The number of aryl methyl sites for hydroxylation is 1. The van der Waals surface area contributed by atoms with Crippen LogP contribution in [0.2, 0.25) is 0 Å². The third-order valence-corrected chi connectivity index (χ3v) is 3.32. The van der Waals surface area contributed by atoms with Crippen LogP contribution >= 0.6 is 0 Å². The molecule has 0 saturated carbocycles. The first-order valence-corrected chi connectivity index (χ1v) is 6.37. The van der Waals surface area contributed by atoms with Gasteiger partial charge in [0.05, 0.1) is 0 Å². The standard InChI is InChI=1S/C7H7OSe.Li/c1-6-2-4-7(9-8)5-3-6;/h2-5H,1H3;/q+1;-1. The van der Waals surface area contributed by atoms with E-state index in [0.29, 0.717) is 0 Å². The third-order valence-electron chi connectivity index (χ3n) is 1.35. The summed E-state index contributed by atoms with van der Waals surface area (Å²) in [6.45, 7) is 2.03. The number of rotatable bonds is 1. The van der Waals surface area contributed by atoms with Crippen LogP contribution in [0.1, 0.15) is 5.56 Å². The van der Waals surface area contributed by atoms with Crippen LogP contribution in [0.3, 0.4) is 0 Å². The normalized spacial score (nSPS) is 13.1. The van der Waals surface area contributed by atoms with Crippen molar-refractivity contribution in [3.05, 3.63) is 29.8 Å². The van der Waals surface area contributed by atoms with Gasteiger partial charge in [-0.15, -0.1) is 0 Å². The van der Waals surface area contributed by atoms with Crippen molar-refractivity contribution >= 4 is 31.9 Å². The maximum absolute atomic E-state index is 11.0. The molecule has 10 heavy (non-hydrogen) atoms. The van der Waals surface area contributed by atoms with Crippen molar-refractivity contribution in [2.45, 2.75) is 6.92 Å². The first-order chi connectivity index (χ1) is 4.70. The van der Waals surface area contributed by atoms with E-state index < -0.39 is 11.6 Å². The molecule has 1 atom stereocenters. The summed E-state index contributed by atoms with van der Waals surface area (Å²) in [5, 5.41) is 0. The number of benzene rings is 1. The van der Waals surface area contributed by atoms with Crippen LogP contribution in [-0.4, -0.2) is 27.4 Å². The predicted octanol–water partition coefficient (Wildman–Crippen LogP) is 0.289. The minimum atomic E-state index is -1.68. The van der Waals surface area contributed by atoms with Crippen molar-refractivity contribution in [3.8, 4) is 0 Å². The second-order valence-corrected chi connectivity index (χ2v) is 5.16. The molecule has 0 spiro atoms. The maximum atomic E-state index is 11.0. The molecule has 0 aliphatic rings. The Morgan fingerprint density at radius 2 is 1.80 bits per heavy atom. The van der Waals surface area contributed by atoms with E-state index in [4.69, 9.17) is 0 Å². The van der Waals surface area contributed by atoms with E-state index in [1.807, 2.05) is 31.2 Å². The van der Waals surface area contributed by atoms with Crippen molar-refractivity contribution < 1.29 is 3.83 Å². The summed E-state index contributed by atoms with van der Waals surface area (Å²) in [5.41, 5.74) is 1.22. The molecule has 48 valence electrons. The molecule has 1 unspecified atom stereocenters. The van der Waals surface area contributed by atoms with Gasteiger partial charge in [0, 0.05) is 0 Å². The molecule has 1 nitrogen and oxygen atoms in total. The summed E-state index contributed by atoms with van der Waals surface area (Å²) in [5.74, 6) is 0. The van der Waals surface area contributed by atoms with Gasteiger partial charge in [-0.25, -0.2) is 0 Å². The first kappa shape index (κ1) is 8.24. The zero-order valence-electron chi connectivity index (χ0n) is 6.13. The topological polar surface area (TPSA) is 17.1 Å². The van der Waals surface area contributed by atoms with Gasteiger partial charge >= 0.3 is 72.5 Å². The monoisotopic (exact) mass is 194 g/mol. The van der Waals surface area contributed by atoms with E-state index in [0.717, 1.165) is 4.46 Å². The molecule has 0 saturated heterocycles. The van der Waals surface area contributed by atoms with Crippen molar-refractivity contribution in [2.24, 2.45) is 0 Å². The number of hydrogen-bond acceptors (Lipinski definition) is 1. The minimum absolute atomic E-state index is 0.991. The molecule has 0 aliphatic heterocycles. The van der Waals surface area contributed by atoms with Gasteiger partial charge in [-0.05, 0) is 0 Å². The molecule has 0 bridgehead atoms. The van der Waals surface area contributed by atoms with Gasteiger partial charge in [-0.3, -0.25) is 0 Å². The van der Waals surface area contributed by atoms with Gasteiger partial charge < -0.3 is 0 Å². The van der Waals surface area contributed by atoms with E-state index in [1.165, 1.54) is 5.56 Å². The summed E-state index contributed by atoms with van der Waals surface area (Å²) in [4.78, 5) is 0. The van der Waals surface area contributed by atoms with Crippen LogP contribution in [0, 0.1) is 6.92 Å². The van der Waals surface area contributed by atoms with Crippen LogP contribution in [0.15, 0.2) is 24.3 Å². The fraction of sp³-hybridized carbons (Fsp3) is 0.143. The average Bonchev–Trinajstić information content (AvgIpc) is 1.88. The SMILES string of the molecule is [Li][Se](=O)c1ccc(C)cc1. The second-order valence-electron chi connectivity index (χ2n) is 2.27. The van der Waals surface area contributed by atoms with Gasteiger partial charge in [0.15, 0.2) is 0 Å². The quantitative estimate of drug-likeness (QED) is 0.586. The zero-order chi connectivity index (χ0) is 7.56. The van der Waals surface area contributed by atoms with E-state index in [-0.39, 0.29) is 0 Å². The molecular formula is C7H7LiOSe. The summed E-state index contributed by atoms with van der Waals surface area (Å²) in [7, 11) is 0. The number of hydrogen-bond donors (Lipinski definition) is 0. The molecule has 0 aliphatic carbocycles. The van der Waals surface area contributed by atoms with Gasteiger partial charge in [-0.2, -0.15) is 0 Å². The van der Waals surface area contributed by atoms with Crippen LogP contribution in [-0.2, 0) is 3.83 Å². The molecule has 1 aromatic rings. The van der Waals surface area contributed by atoms with Crippen molar-refractivity contribution in [1.29, 1.82) is 0 Å². The van der Waals surface area contributed by atoms with E-state index in [2.05, 4.69) is 0 Å². The van der Waals surface area contributed by atoms with Crippen molar-refractivity contribution in [2.75, 3.05) is 0 Å². The molecule has 0 aromatic heterocycles. The Morgan fingerprint density at radius 1 is 1.30 bits per heavy atom. The summed E-state index contributed by atoms with van der Waals surface area (Å²) in [6, 6.07) is 7.86. The molecule has 0 fully saturated rings. The molecule has 0 N–H and O–H groups in total. The van der Waals surface area contributed by atoms with Gasteiger partial charge in [0.1, 0.15) is 0 Å². The van der Waals surface area contributed by atoms with Crippen molar-refractivity contribution in [3.63, 3.8) is 0 Å². The third kappa shape index (κ3) is 2.07. The Labute approximate surface area is 72.4 Å². The van der Waals surface area contributed by atoms with E-state index in [1.54, 1.807) is 15.8 Å². The van der Waals surface area contributed by atoms with Crippen LogP contribution < -0.4 is 4.46 Å². The Hall–Kier alpha value is 0.137. The Morgan fingerprint density at radius 3 is 2.20 bits per heavy atom. The molecule has 3 heteroatoms. The fourth-order valence-corrected chi connectivity index (χ4v) is 1.82. The second kappa shape index (κ2) is 3.51. The molecular weight excluding hydrogens is 186 g/mol. The average molecular weight is 193 g/mol. The molecule has 0 radical (unpaired) electrons. The van der Waals surface area contributed by atoms with Gasteiger partial charge in [-0.1, -0.05) is 0 Å². The Kier molecular flexibility index (Phi) is 2.89. The van der Waals surface area contributed by atoms with Crippen LogP contribution in [0.25, 0.3) is 0 Å². The Bertz CT molecular complexity index is 242. The summed E-state index contributed by atoms with van der Waals surface area (Å²) >= 11 is 0.103. The summed E-state index contributed by atoms with van der Waals surface area (Å²) in [6.07, 6.45) is 0. The first-order valence-electron chi connectivity index (χ1n) is 3.10. The molecule has 1 aromatic carbocycles. The van der Waals surface area contributed by atoms with Gasteiger partial charge in [0.25, 0.3) is 0 Å². The van der Waals surface area contributed by atoms with E-state index in [9.17, 15) is 3.83 Å².